The van der Waals surface area contributed by atoms with Crippen LogP contribution in [0.3, 0.4) is 0 Å². The second-order valence-corrected chi connectivity index (χ2v) is 8.26. The number of furan rings is 1. The van der Waals surface area contributed by atoms with Crippen molar-refractivity contribution in [1.82, 2.24) is 9.62 Å². The van der Waals surface area contributed by atoms with Crippen LogP contribution in [0.4, 0.5) is 0 Å². The summed E-state index contributed by atoms with van der Waals surface area (Å²) in [6, 6.07) is 1.65. The predicted octanol–water partition coefficient (Wildman–Crippen LogP) is 1.89. The zero-order valence-corrected chi connectivity index (χ0v) is 14.1. The number of hydrogen-bond acceptors (Lipinski definition) is 5. The van der Waals surface area contributed by atoms with Crippen LogP contribution >= 0.6 is 27.7 Å². The van der Waals surface area contributed by atoms with Crippen LogP contribution in [0, 0.1) is 0 Å². The van der Waals surface area contributed by atoms with E-state index in [1.807, 2.05) is 0 Å². The van der Waals surface area contributed by atoms with Crippen molar-refractivity contribution in [3.63, 3.8) is 0 Å². The molecule has 0 amide bonds. The molecule has 1 aliphatic rings. The Balaban J connectivity index is 2.27. The third kappa shape index (κ3) is 3.18. The first-order valence-electron chi connectivity index (χ1n) is 5.95. The lowest BCUT2D eigenvalue weighted by molar-refractivity contribution is 0.393. The summed E-state index contributed by atoms with van der Waals surface area (Å²) in [4.78, 5) is 0.206. The molecule has 1 aliphatic heterocycles. The number of thioether (sulfide) groups is 1. The van der Waals surface area contributed by atoms with Gasteiger partial charge in [0, 0.05) is 24.9 Å². The van der Waals surface area contributed by atoms with Crippen LogP contribution < -0.4 is 5.32 Å². The molecular formula is C11H17BrN2O3S2. The van der Waals surface area contributed by atoms with Crippen LogP contribution in [0.5, 0.6) is 0 Å². The van der Waals surface area contributed by atoms with E-state index in [4.69, 9.17) is 4.42 Å². The van der Waals surface area contributed by atoms with E-state index in [0.717, 1.165) is 17.9 Å². The summed E-state index contributed by atoms with van der Waals surface area (Å²) < 4.78 is 32.3. The molecule has 108 valence electrons. The van der Waals surface area contributed by atoms with Crippen LogP contribution in [0.15, 0.2) is 20.0 Å². The highest BCUT2D eigenvalue weighted by Gasteiger charge is 2.33. The fourth-order valence-corrected chi connectivity index (χ4v) is 5.70. The Morgan fingerprint density at radius 1 is 1.63 bits per heavy atom. The SMILES string of the molecule is CNCc1cc(S(=O)(=O)N(C)C2CCSC2)c(Br)o1. The number of hydrogen-bond donors (Lipinski definition) is 1. The van der Waals surface area contributed by atoms with Crippen molar-refractivity contribution in [2.24, 2.45) is 0 Å². The van der Waals surface area contributed by atoms with Crippen molar-refractivity contribution < 1.29 is 12.8 Å². The summed E-state index contributed by atoms with van der Waals surface area (Å²) in [6.45, 7) is 0.497. The Morgan fingerprint density at radius 3 is 2.95 bits per heavy atom. The van der Waals surface area contributed by atoms with Gasteiger partial charge in [0.2, 0.25) is 10.0 Å². The van der Waals surface area contributed by atoms with Crippen molar-refractivity contribution in [2.75, 3.05) is 25.6 Å². The quantitative estimate of drug-likeness (QED) is 0.859. The summed E-state index contributed by atoms with van der Waals surface area (Å²) in [5.41, 5.74) is 0. The third-order valence-corrected chi connectivity index (χ3v) is 7.05. The molecule has 8 heteroatoms. The maximum absolute atomic E-state index is 12.6. The minimum absolute atomic E-state index is 0.0737. The van der Waals surface area contributed by atoms with Gasteiger partial charge in [0.15, 0.2) is 4.67 Å². The molecule has 0 spiro atoms. The maximum atomic E-state index is 12.6. The zero-order valence-electron chi connectivity index (χ0n) is 10.8. The van der Waals surface area contributed by atoms with Gasteiger partial charge in [0.25, 0.3) is 0 Å². The highest BCUT2D eigenvalue weighted by Crippen LogP contribution is 2.31. The zero-order chi connectivity index (χ0) is 14.0. The van der Waals surface area contributed by atoms with Gasteiger partial charge in [-0.05, 0) is 35.2 Å². The Bertz CT molecular complexity index is 538. The fraction of sp³-hybridized carbons (Fsp3) is 0.636. The largest absolute Gasteiger partial charge is 0.452 e. The van der Waals surface area contributed by atoms with Gasteiger partial charge >= 0.3 is 0 Å². The molecule has 19 heavy (non-hydrogen) atoms. The van der Waals surface area contributed by atoms with E-state index in [2.05, 4.69) is 21.2 Å². The van der Waals surface area contributed by atoms with Crippen molar-refractivity contribution in [3.8, 4) is 0 Å². The summed E-state index contributed by atoms with van der Waals surface area (Å²) >= 11 is 4.98. The van der Waals surface area contributed by atoms with Gasteiger partial charge in [-0.25, -0.2) is 8.42 Å². The number of halogens is 1. The molecule has 0 aliphatic carbocycles. The lowest BCUT2D eigenvalue weighted by Gasteiger charge is -2.22. The Labute approximate surface area is 126 Å². The number of nitrogens with one attached hydrogen (secondary N) is 1. The molecular weight excluding hydrogens is 352 g/mol. The standard InChI is InChI=1S/C11H17BrN2O3S2/c1-13-6-9-5-10(11(12)17-9)19(15,16)14(2)8-3-4-18-7-8/h5,8,13H,3-4,6-7H2,1-2H3. The van der Waals surface area contributed by atoms with E-state index >= 15 is 0 Å². The summed E-state index contributed by atoms with van der Waals surface area (Å²) in [7, 11) is -0.0728. The second kappa shape index (κ2) is 6.17. The fourth-order valence-electron chi connectivity index (χ4n) is 2.00. The molecule has 5 nitrogen and oxygen atoms in total. The molecule has 1 saturated heterocycles. The summed E-state index contributed by atoms with van der Waals surface area (Å²) in [5.74, 6) is 2.47. The molecule has 0 aromatic carbocycles. The second-order valence-electron chi connectivity index (χ2n) is 4.42. The number of rotatable bonds is 5. The molecule has 2 heterocycles. The predicted molar refractivity (Wildman–Crippen MR) is 79.9 cm³/mol. The summed E-state index contributed by atoms with van der Waals surface area (Å²) in [5, 5.41) is 2.93. The van der Waals surface area contributed by atoms with Crippen LogP contribution in [0.2, 0.25) is 0 Å². The van der Waals surface area contributed by atoms with Crippen LogP contribution in [0.25, 0.3) is 0 Å². The Kier molecular flexibility index (Phi) is 4.99. The topological polar surface area (TPSA) is 62.6 Å². The highest BCUT2D eigenvalue weighted by atomic mass is 79.9. The van der Waals surface area contributed by atoms with E-state index in [-0.39, 0.29) is 15.6 Å². The van der Waals surface area contributed by atoms with Gasteiger partial charge in [0.1, 0.15) is 10.7 Å². The normalized spacial score (nSPS) is 20.3. The summed E-state index contributed by atoms with van der Waals surface area (Å²) in [6.07, 6.45) is 0.902. The minimum Gasteiger partial charge on any atom is -0.452 e. The van der Waals surface area contributed by atoms with Gasteiger partial charge in [-0.1, -0.05) is 0 Å². The molecule has 1 aromatic heterocycles. The van der Waals surface area contributed by atoms with Crippen LogP contribution in [0.1, 0.15) is 12.2 Å². The van der Waals surface area contributed by atoms with Gasteiger partial charge < -0.3 is 9.73 Å². The Morgan fingerprint density at radius 2 is 2.37 bits per heavy atom. The monoisotopic (exact) mass is 368 g/mol. The van der Waals surface area contributed by atoms with Crippen molar-refractivity contribution in [3.05, 3.63) is 16.5 Å². The van der Waals surface area contributed by atoms with Crippen LogP contribution in [-0.2, 0) is 16.6 Å². The first kappa shape index (κ1) is 15.4. The first-order valence-corrected chi connectivity index (χ1v) is 9.34. The van der Waals surface area contributed by atoms with Crippen LogP contribution in [-0.4, -0.2) is 44.4 Å². The van der Waals surface area contributed by atoms with Gasteiger partial charge in [-0.2, -0.15) is 16.1 Å². The molecule has 1 fully saturated rings. The number of sulfonamides is 1. The van der Waals surface area contributed by atoms with Crippen molar-refractivity contribution in [1.29, 1.82) is 0 Å². The molecule has 1 N–H and O–H groups in total. The smallest absolute Gasteiger partial charge is 0.247 e. The van der Waals surface area contributed by atoms with Gasteiger partial charge in [-0.15, -0.1) is 0 Å². The molecule has 1 atom stereocenters. The first-order chi connectivity index (χ1) is 8.96. The average Bonchev–Trinajstić information content (AvgIpc) is 2.98. The molecule has 1 aromatic rings. The lowest BCUT2D eigenvalue weighted by Crippen LogP contribution is -2.36. The van der Waals surface area contributed by atoms with Gasteiger partial charge in [-0.3, -0.25) is 0 Å². The van der Waals surface area contributed by atoms with E-state index in [1.165, 1.54) is 4.31 Å². The lowest BCUT2D eigenvalue weighted by atomic mass is 10.3. The molecule has 0 saturated carbocycles. The molecule has 0 bridgehead atoms. The van der Waals surface area contributed by atoms with E-state index in [0.29, 0.717) is 12.3 Å². The average molecular weight is 369 g/mol. The molecule has 0 radical (unpaired) electrons. The Hall–Kier alpha value is -0.0200. The number of nitrogens with zero attached hydrogens (tertiary/aromatic N) is 1. The van der Waals surface area contributed by atoms with E-state index in [9.17, 15) is 8.42 Å². The van der Waals surface area contributed by atoms with Gasteiger partial charge in [0.05, 0.1) is 6.54 Å². The third-order valence-electron chi connectivity index (χ3n) is 3.13. The highest BCUT2D eigenvalue weighted by molar-refractivity contribution is 9.10. The van der Waals surface area contributed by atoms with Crippen molar-refractivity contribution >= 4 is 37.7 Å². The molecule has 2 rings (SSSR count). The van der Waals surface area contributed by atoms with E-state index in [1.54, 1.807) is 31.9 Å². The maximum Gasteiger partial charge on any atom is 0.247 e. The molecule has 1 unspecified atom stereocenters. The minimum atomic E-state index is -3.50. The van der Waals surface area contributed by atoms with Crippen molar-refractivity contribution in [2.45, 2.75) is 23.9 Å². The van der Waals surface area contributed by atoms with E-state index < -0.39 is 10.0 Å².